The van der Waals surface area contributed by atoms with Gasteiger partial charge < -0.3 is 15.9 Å². The second kappa shape index (κ2) is 7.12. The summed E-state index contributed by atoms with van der Waals surface area (Å²) in [6, 6.07) is -1.26. The predicted octanol–water partition coefficient (Wildman–Crippen LogP) is -3.16. The first-order chi connectivity index (χ1) is 8.86. The molecule has 0 aliphatic carbocycles. The maximum atomic E-state index is 11.9. The Bertz CT molecular complexity index is 393. The Hall–Kier alpha value is -0.780. The Morgan fingerprint density at radius 2 is 1.89 bits per heavy atom. The summed E-state index contributed by atoms with van der Waals surface area (Å²) >= 11 is 0. The average molecular weight is 296 g/mol. The van der Waals surface area contributed by atoms with Crippen LogP contribution in [0.25, 0.3) is 0 Å². The van der Waals surface area contributed by atoms with Crippen LogP contribution in [0.1, 0.15) is 0 Å². The molecule has 5 N–H and O–H groups in total. The molecule has 1 rings (SSSR count). The summed E-state index contributed by atoms with van der Waals surface area (Å²) in [5, 5.41) is 17.4. The van der Waals surface area contributed by atoms with Crippen LogP contribution in [0.2, 0.25) is 0 Å². The maximum Gasteiger partial charge on any atom is 0.321 e. The minimum absolute atomic E-state index is 0.0401. The predicted molar refractivity (Wildman–Crippen MR) is 67.6 cm³/mol. The molecule has 1 aliphatic rings. The molecule has 112 valence electrons. The van der Waals surface area contributed by atoms with Gasteiger partial charge in [-0.3, -0.25) is 9.69 Å². The van der Waals surface area contributed by atoms with Crippen molar-refractivity contribution in [1.82, 2.24) is 13.9 Å². The highest BCUT2D eigenvalue weighted by molar-refractivity contribution is 7.87. The Morgan fingerprint density at radius 1 is 1.32 bits per heavy atom. The molecule has 0 radical (unpaired) electrons. The number of nitrogens with zero attached hydrogens (tertiary/aromatic N) is 2. The largest absolute Gasteiger partial charge is 0.480 e. The fourth-order valence-corrected chi connectivity index (χ4v) is 2.93. The van der Waals surface area contributed by atoms with Crippen LogP contribution in [0, 0.1) is 0 Å². The molecule has 1 aliphatic heterocycles. The molecule has 0 amide bonds. The van der Waals surface area contributed by atoms with Crippen molar-refractivity contribution in [2.24, 2.45) is 5.73 Å². The third-order valence-electron chi connectivity index (χ3n) is 2.89. The third kappa shape index (κ3) is 5.01. The van der Waals surface area contributed by atoms with Crippen molar-refractivity contribution in [2.75, 3.05) is 45.9 Å². The summed E-state index contributed by atoms with van der Waals surface area (Å²) < 4.78 is 27.2. The van der Waals surface area contributed by atoms with E-state index in [9.17, 15) is 13.2 Å². The molecule has 19 heavy (non-hydrogen) atoms. The van der Waals surface area contributed by atoms with Gasteiger partial charge in [-0.15, -0.1) is 0 Å². The number of piperazine rings is 1. The van der Waals surface area contributed by atoms with E-state index < -0.39 is 22.2 Å². The van der Waals surface area contributed by atoms with Gasteiger partial charge in [-0.05, 0) is 0 Å². The van der Waals surface area contributed by atoms with Crippen molar-refractivity contribution < 1.29 is 23.4 Å². The number of aliphatic hydroxyl groups is 1. The van der Waals surface area contributed by atoms with Gasteiger partial charge >= 0.3 is 5.97 Å². The van der Waals surface area contributed by atoms with Gasteiger partial charge in [0.25, 0.3) is 10.2 Å². The lowest BCUT2D eigenvalue weighted by molar-refractivity contribution is -0.138. The number of hydrogen-bond donors (Lipinski definition) is 4. The molecule has 1 heterocycles. The minimum Gasteiger partial charge on any atom is -0.480 e. The van der Waals surface area contributed by atoms with Crippen molar-refractivity contribution >= 4 is 16.2 Å². The average Bonchev–Trinajstić information content (AvgIpc) is 2.37. The number of aliphatic carboxylic acids is 1. The first-order valence-corrected chi connectivity index (χ1v) is 7.37. The van der Waals surface area contributed by atoms with E-state index in [2.05, 4.69) is 4.72 Å². The Labute approximate surface area is 112 Å². The van der Waals surface area contributed by atoms with Gasteiger partial charge in [0.15, 0.2) is 0 Å². The van der Waals surface area contributed by atoms with Crippen molar-refractivity contribution in [3.8, 4) is 0 Å². The number of β-amino-alcohol motifs (C(OH)–C–C–N with tert-alkyl or cyclic N) is 1. The summed E-state index contributed by atoms with van der Waals surface area (Å²) in [5.41, 5.74) is 5.23. The molecule has 0 aromatic rings. The van der Waals surface area contributed by atoms with Gasteiger partial charge in [0, 0.05) is 39.3 Å². The van der Waals surface area contributed by atoms with Crippen LogP contribution >= 0.6 is 0 Å². The molecule has 0 aromatic heterocycles. The van der Waals surface area contributed by atoms with Crippen LogP contribution in [0.5, 0.6) is 0 Å². The Kier molecular flexibility index (Phi) is 6.10. The number of aliphatic hydroxyl groups excluding tert-OH is 1. The van der Waals surface area contributed by atoms with Crippen LogP contribution < -0.4 is 10.5 Å². The first-order valence-electron chi connectivity index (χ1n) is 5.93. The minimum atomic E-state index is -3.70. The lowest BCUT2D eigenvalue weighted by atomic mass is 10.3. The zero-order valence-electron chi connectivity index (χ0n) is 10.5. The maximum absolute atomic E-state index is 11.9. The highest BCUT2D eigenvalue weighted by Crippen LogP contribution is 2.05. The number of carboxylic acids is 1. The molecular formula is C9H20N4O5S. The van der Waals surface area contributed by atoms with Crippen LogP contribution in [-0.4, -0.2) is 85.7 Å². The van der Waals surface area contributed by atoms with Crippen LogP contribution in [0.3, 0.4) is 0 Å². The first kappa shape index (κ1) is 16.3. The van der Waals surface area contributed by atoms with Crippen molar-refractivity contribution in [3.05, 3.63) is 0 Å². The molecular weight excluding hydrogens is 276 g/mol. The topological polar surface area (TPSA) is 136 Å². The second-order valence-corrected chi connectivity index (χ2v) is 6.02. The van der Waals surface area contributed by atoms with E-state index in [1.54, 1.807) is 0 Å². The molecule has 1 fully saturated rings. The number of hydrogen-bond acceptors (Lipinski definition) is 6. The van der Waals surface area contributed by atoms with Crippen molar-refractivity contribution in [3.63, 3.8) is 0 Å². The highest BCUT2D eigenvalue weighted by Gasteiger charge is 2.27. The van der Waals surface area contributed by atoms with E-state index in [-0.39, 0.29) is 13.2 Å². The van der Waals surface area contributed by atoms with Crippen LogP contribution in [0.15, 0.2) is 0 Å². The molecule has 1 atom stereocenters. The van der Waals surface area contributed by atoms with E-state index in [4.69, 9.17) is 15.9 Å². The summed E-state index contributed by atoms with van der Waals surface area (Å²) in [6.07, 6.45) is 0. The van der Waals surface area contributed by atoms with Gasteiger partial charge in [0.05, 0.1) is 6.61 Å². The number of carboxylic acid groups (broad SMARTS) is 1. The zero-order chi connectivity index (χ0) is 14.5. The van der Waals surface area contributed by atoms with Gasteiger partial charge in [-0.1, -0.05) is 0 Å². The molecule has 0 spiro atoms. The fourth-order valence-electron chi connectivity index (χ4n) is 1.71. The summed E-state index contributed by atoms with van der Waals surface area (Å²) in [6.45, 7) is 1.90. The van der Waals surface area contributed by atoms with Crippen molar-refractivity contribution in [1.29, 1.82) is 0 Å². The van der Waals surface area contributed by atoms with Gasteiger partial charge in [0.2, 0.25) is 0 Å². The number of carbonyl (C=O) groups is 1. The fraction of sp³-hybridized carbons (Fsp3) is 0.889. The molecule has 10 heteroatoms. The van der Waals surface area contributed by atoms with E-state index in [1.807, 2.05) is 4.90 Å². The van der Waals surface area contributed by atoms with Crippen LogP contribution in [0.4, 0.5) is 0 Å². The van der Waals surface area contributed by atoms with Crippen LogP contribution in [-0.2, 0) is 15.0 Å². The standard InChI is InChI=1S/C9H20N4O5S/c10-8(9(15)16)7-11-19(17,18)13-3-1-12(2-4-13)5-6-14/h8,11,14H,1-7,10H2,(H,15,16). The summed E-state index contributed by atoms with van der Waals surface area (Å²) in [5.74, 6) is -1.25. The highest BCUT2D eigenvalue weighted by atomic mass is 32.2. The summed E-state index contributed by atoms with van der Waals surface area (Å²) in [7, 11) is -3.70. The summed E-state index contributed by atoms with van der Waals surface area (Å²) in [4.78, 5) is 12.5. The van der Waals surface area contributed by atoms with E-state index >= 15 is 0 Å². The molecule has 0 aromatic carbocycles. The quantitative estimate of drug-likeness (QED) is 0.389. The van der Waals surface area contributed by atoms with E-state index in [0.29, 0.717) is 32.7 Å². The Morgan fingerprint density at radius 3 is 2.37 bits per heavy atom. The SMILES string of the molecule is NC(CNS(=O)(=O)N1CCN(CCO)CC1)C(=O)O. The lowest BCUT2D eigenvalue weighted by Gasteiger charge is -2.33. The van der Waals surface area contributed by atoms with Gasteiger partial charge in [0.1, 0.15) is 6.04 Å². The van der Waals surface area contributed by atoms with E-state index in [0.717, 1.165) is 0 Å². The monoisotopic (exact) mass is 296 g/mol. The molecule has 1 unspecified atom stereocenters. The molecule has 0 bridgehead atoms. The molecule has 0 saturated carbocycles. The number of rotatable bonds is 7. The van der Waals surface area contributed by atoms with Gasteiger partial charge in [-0.2, -0.15) is 17.4 Å². The smallest absolute Gasteiger partial charge is 0.321 e. The molecule has 9 nitrogen and oxygen atoms in total. The molecule has 1 saturated heterocycles. The number of nitrogens with one attached hydrogen (secondary N) is 1. The second-order valence-electron chi connectivity index (χ2n) is 4.26. The Balaban J connectivity index is 2.44. The van der Waals surface area contributed by atoms with Crippen molar-refractivity contribution in [2.45, 2.75) is 6.04 Å². The zero-order valence-corrected chi connectivity index (χ0v) is 11.3. The van der Waals surface area contributed by atoms with Gasteiger partial charge in [-0.25, -0.2) is 0 Å². The number of nitrogens with two attached hydrogens (primary N) is 1. The lowest BCUT2D eigenvalue weighted by Crippen LogP contribution is -2.54. The van der Waals surface area contributed by atoms with E-state index in [1.165, 1.54) is 4.31 Å². The normalized spacial score (nSPS) is 20.3. The third-order valence-corrected chi connectivity index (χ3v) is 4.47.